The second-order valence-corrected chi connectivity index (χ2v) is 5.81. The summed E-state index contributed by atoms with van der Waals surface area (Å²) >= 11 is 0. The second kappa shape index (κ2) is 6.54. The Bertz CT molecular complexity index is 592. The van der Waals surface area contributed by atoms with Crippen molar-refractivity contribution in [2.45, 2.75) is 44.7 Å². The van der Waals surface area contributed by atoms with E-state index in [0.717, 1.165) is 11.3 Å². The SMILES string of the molecule is OCCN(Cc1nc2c(F)cccc2[nH]1)C1CCCCC1. The highest BCUT2D eigenvalue weighted by Crippen LogP contribution is 2.24. The first-order valence-corrected chi connectivity index (χ1v) is 7.76. The highest BCUT2D eigenvalue weighted by molar-refractivity contribution is 5.75. The number of aromatic amines is 1. The average molecular weight is 291 g/mol. The van der Waals surface area contributed by atoms with E-state index in [1.165, 1.54) is 38.2 Å². The third-order valence-corrected chi connectivity index (χ3v) is 4.34. The van der Waals surface area contributed by atoms with Crippen LogP contribution in [0.1, 0.15) is 37.9 Å². The molecular formula is C16H22FN3O. The molecule has 114 valence electrons. The summed E-state index contributed by atoms with van der Waals surface area (Å²) in [6, 6.07) is 5.46. The number of hydrogen-bond donors (Lipinski definition) is 2. The van der Waals surface area contributed by atoms with Crippen LogP contribution in [0.4, 0.5) is 4.39 Å². The largest absolute Gasteiger partial charge is 0.395 e. The number of nitrogens with zero attached hydrogens (tertiary/aromatic N) is 2. The molecule has 1 aromatic heterocycles. The first-order valence-electron chi connectivity index (χ1n) is 7.76. The number of nitrogens with one attached hydrogen (secondary N) is 1. The van der Waals surface area contributed by atoms with Gasteiger partial charge < -0.3 is 10.1 Å². The van der Waals surface area contributed by atoms with E-state index in [2.05, 4.69) is 14.9 Å². The predicted octanol–water partition coefficient (Wildman–Crippen LogP) is 2.83. The van der Waals surface area contributed by atoms with Crippen molar-refractivity contribution in [3.63, 3.8) is 0 Å². The van der Waals surface area contributed by atoms with Crippen molar-refractivity contribution in [3.8, 4) is 0 Å². The molecule has 0 unspecified atom stereocenters. The van der Waals surface area contributed by atoms with Gasteiger partial charge in [0.25, 0.3) is 0 Å². The van der Waals surface area contributed by atoms with E-state index in [0.29, 0.717) is 24.6 Å². The van der Waals surface area contributed by atoms with E-state index < -0.39 is 0 Å². The van der Waals surface area contributed by atoms with Gasteiger partial charge in [0.05, 0.1) is 18.7 Å². The molecule has 4 nitrogen and oxygen atoms in total. The van der Waals surface area contributed by atoms with Crippen molar-refractivity contribution in [2.75, 3.05) is 13.2 Å². The van der Waals surface area contributed by atoms with Gasteiger partial charge in [-0.1, -0.05) is 25.3 Å². The van der Waals surface area contributed by atoms with Crippen LogP contribution in [0.3, 0.4) is 0 Å². The van der Waals surface area contributed by atoms with Crippen molar-refractivity contribution >= 4 is 11.0 Å². The van der Waals surface area contributed by atoms with E-state index in [4.69, 9.17) is 0 Å². The number of fused-ring (bicyclic) bond motifs is 1. The maximum atomic E-state index is 13.7. The van der Waals surface area contributed by atoms with Crippen LogP contribution in [0.2, 0.25) is 0 Å². The van der Waals surface area contributed by atoms with E-state index >= 15 is 0 Å². The molecule has 0 atom stereocenters. The van der Waals surface area contributed by atoms with Crippen molar-refractivity contribution in [3.05, 3.63) is 29.8 Å². The Kier molecular flexibility index (Phi) is 4.51. The van der Waals surface area contributed by atoms with Gasteiger partial charge in [-0.3, -0.25) is 4.90 Å². The van der Waals surface area contributed by atoms with Gasteiger partial charge in [-0.25, -0.2) is 9.37 Å². The minimum atomic E-state index is -0.290. The number of aromatic nitrogens is 2. The summed E-state index contributed by atoms with van der Waals surface area (Å²) in [5, 5.41) is 9.30. The van der Waals surface area contributed by atoms with E-state index in [1.807, 2.05) is 6.07 Å². The third kappa shape index (κ3) is 3.24. The first-order chi connectivity index (χ1) is 10.3. The molecule has 1 heterocycles. The topological polar surface area (TPSA) is 52.1 Å². The van der Waals surface area contributed by atoms with E-state index in [9.17, 15) is 9.50 Å². The summed E-state index contributed by atoms with van der Waals surface area (Å²) < 4.78 is 13.7. The molecule has 21 heavy (non-hydrogen) atoms. The van der Waals surface area contributed by atoms with E-state index in [-0.39, 0.29) is 12.4 Å². The molecule has 0 bridgehead atoms. The summed E-state index contributed by atoms with van der Waals surface area (Å²) in [4.78, 5) is 9.84. The van der Waals surface area contributed by atoms with Crippen LogP contribution >= 0.6 is 0 Å². The fourth-order valence-corrected chi connectivity index (χ4v) is 3.28. The van der Waals surface area contributed by atoms with Crippen molar-refractivity contribution in [1.29, 1.82) is 0 Å². The molecule has 0 amide bonds. The number of para-hydroxylation sites is 1. The molecule has 5 heteroatoms. The van der Waals surface area contributed by atoms with Gasteiger partial charge in [0.2, 0.25) is 0 Å². The number of aliphatic hydroxyl groups excluding tert-OH is 1. The molecule has 0 saturated heterocycles. The molecule has 1 saturated carbocycles. The Balaban J connectivity index is 1.78. The Labute approximate surface area is 124 Å². The summed E-state index contributed by atoms with van der Waals surface area (Å²) in [5.74, 6) is 0.482. The number of H-pyrrole nitrogens is 1. The molecule has 0 radical (unpaired) electrons. The summed E-state index contributed by atoms with van der Waals surface area (Å²) in [6.45, 7) is 1.43. The predicted molar refractivity (Wildman–Crippen MR) is 80.4 cm³/mol. The quantitative estimate of drug-likeness (QED) is 0.890. The van der Waals surface area contributed by atoms with Gasteiger partial charge in [-0.2, -0.15) is 0 Å². The molecule has 1 aromatic carbocycles. The Morgan fingerprint density at radius 1 is 1.29 bits per heavy atom. The summed E-state index contributed by atoms with van der Waals surface area (Å²) in [5.41, 5.74) is 1.14. The Hall–Kier alpha value is -1.46. The van der Waals surface area contributed by atoms with Crippen LogP contribution in [-0.4, -0.2) is 39.2 Å². The second-order valence-electron chi connectivity index (χ2n) is 5.81. The number of imidazole rings is 1. The minimum Gasteiger partial charge on any atom is -0.395 e. The van der Waals surface area contributed by atoms with Crippen LogP contribution in [0.5, 0.6) is 0 Å². The molecule has 1 aliphatic rings. The summed E-state index contributed by atoms with van der Waals surface area (Å²) in [7, 11) is 0. The lowest BCUT2D eigenvalue weighted by molar-refractivity contribution is 0.115. The lowest BCUT2D eigenvalue weighted by Gasteiger charge is -2.33. The zero-order chi connectivity index (χ0) is 14.7. The van der Waals surface area contributed by atoms with Crippen molar-refractivity contribution in [1.82, 2.24) is 14.9 Å². The van der Waals surface area contributed by atoms with Gasteiger partial charge in [-0.05, 0) is 25.0 Å². The van der Waals surface area contributed by atoms with Crippen LogP contribution in [0, 0.1) is 5.82 Å². The zero-order valence-electron chi connectivity index (χ0n) is 12.2. The van der Waals surface area contributed by atoms with Gasteiger partial charge in [0, 0.05) is 12.6 Å². The molecule has 2 aromatic rings. The molecular weight excluding hydrogens is 269 g/mol. The third-order valence-electron chi connectivity index (χ3n) is 4.34. The van der Waals surface area contributed by atoms with Crippen LogP contribution < -0.4 is 0 Å². The van der Waals surface area contributed by atoms with E-state index in [1.54, 1.807) is 6.07 Å². The van der Waals surface area contributed by atoms with Gasteiger partial charge in [0.1, 0.15) is 11.3 Å². The van der Waals surface area contributed by atoms with Gasteiger partial charge in [-0.15, -0.1) is 0 Å². The molecule has 1 fully saturated rings. The molecule has 2 N–H and O–H groups in total. The number of halogens is 1. The minimum absolute atomic E-state index is 0.144. The lowest BCUT2D eigenvalue weighted by atomic mass is 9.94. The Morgan fingerprint density at radius 3 is 2.81 bits per heavy atom. The smallest absolute Gasteiger partial charge is 0.151 e. The van der Waals surface area contributed by atoms with Crippen LogP contribution in [0.25, 0.3) is 11.0 Å². The Morgan fingerprint density at radius 2 is 2.10 bits per heavy atom. The molecule has 0 aliphatic heterocycles. The molecule has 3 rings (SSSR count). The molecule has 0 spiro atoms. The van der Waals surface area contributed by atoms with Gasteiger partial charge >= 0.3 is 0 Å². The fourth-order valence-electron chi connectivity index (χ4n) is 3.28. The standard InChI is InChI=1S/C16H22FN3O/c17-13-7-4-8-14-16(13)19-15(18-14)11-20(9-10-21)12-5-2-1-3-6-12/h4,7-8,12,21H,1-3,5-6,9-11H2,(H,18,19). The number of aliphatic hydroxyl groups is 1. The highest BCUT2D eigenvalue weighted by Gasteiger charge is 2.22. The van der Waals surface area contributed by atoms with Crippen molar-refractivity contribution in [2.24, 2.45) is 0 Å². The normalized spacial score (nSPS) is 16.9. The van der Waals surface area contributed by atoms with Crippen molar-refractivity contribution < 1.29 is 9.50 Å². The van der Waals surface area contributed by atoms with Crippen LogP contribution in [0.15, 0.2) is 18.2 Å². The zero-order valence-corrected chi connectivity index (χ0v) is 12.2. The fraction of sp³-hybridized carbons (Fsp3) is 0.562. The highest BCUT2D eigenvalue weighted by atomic mass is 19.1. The number of rotatable bonds is 5. The first kappa shape index (κ1) is 14.5. The number of benzene rings is 1. The lowest BCUT2D eigenvalue weighted by Crippen LogP contribution is -2.38. The van der Waals surface area contributed by atoms with Crippen LogP contribution in [-0.2, 0) is 6.54 Å². The maximum Gasteiger partial charge on any atom is 0.151 e. The number of hydrogen-bond acceptors (Lipinski definition) is 3. The van der Waals surface area contributed by atoms with Gasteiger partial charge in [0.15, 0.2) is 5.82 Å². The monoisotopic (exact) mass is 291 g/mol. The molecule has 1 aliphatic carbocycles. The average Bonchev–Trinajstić information content (AvgIpc) is 2.92. The maximum absolute atomic E-state index is 13.7. The summed E-state index contributed by atoms with van der Waals surface area (Å²) in [6.07, 6.45) is 6.16.